The molecule has 0 aliphatic carbocycles. The largest absolute Gasteiger partial charge is 0.392 e. The minimum Gasteiger partial charge on any atom is -0.392 e. The summed E-state index contributed by atoms with van der Waals surface area (Å²) in [6.45, 7) is 0.931. The molecular formula is C9H16O2S. The van der Waals surface area contributed by atoms with Crippen LogP contribution in [0.5, 0.6) is 0 Å². The maximum Gasteiger partial charge on any atom is 0.0667 e. The van der Waals surface area contributed by atoms with E-state index in [1.165, 1.54) is 12.8 Å². The molecule has 2 aliphatic rings. The van der Waals surface area contributed by atoms with E-state index < -0.39 is 0 Å². The molecule has 2 rings (SSSR count). The van der Waals surface area contributed by atoms with Gasteiger partial charge in [-0.1, -0.05) is 0 Å². The molecule has 2 saturated heterocycles. The first-order valence-corrected chi connectivity index (χ1v) is 5.89. The van der Waals surface area contributed by atoms with Crippen LogP contribution in [0.25, 0.3) is 0 Å². The molecule has 0 saturated carbocycles. The molecule has 70 valence electrons. The van der Waals surface area contributed by atoms with E-state index in [0.29, 0.717) is 12.0 Å². The highest BCUT2D eigenvalue weighted by molar-refractivity contribution is 7.99. The molecule has 2 heterocycles. The van der Waals surface area contributed by atoms with Crippen molar-refractivity contribution in [3.05, 3.63) is 0 Å². The SMILES string of the molecule is OC1CSCC1CC1CCCO1. The second-order valence-electron chi connectivity index (χ2n) is 3.74. The van der Waals surface area contributed by atoms with Crippen LogP contribution in [-0.2, 0) is 4.74 Å². The predicted octanol–water partition coefficient (Wildman–Crippen LogP) is 1.28. The molecule has 3 atom stereocenters. The minimum atomic E-state index is -0.0702. The minimum absolute atomic E-state index is 0.0702. The Labute approximate surface area is 77.7 Å². The summed E-state index contributed by atoms with van der Waals surface area (Å²) in [4.78, 5) is 0. The third-order valence-corrected chi connectivity index (χ3v) is 4.00. The summed E-state index contributed by atoms with van der Waals surface area (Å²) < 4.78 is 5.54. The molecule has 0 aromatic heterocycles. The van der Waals surface area contributed by atoms with E-state index in [4.69, 9.17) is 4.74 Å². The molecule has 3 unspecified atom stereocenters. The first-order valence-electron chi connectivity index (χ1n) is 4.73. The first kappa shape index (κ1) is 8.85. The monoisotopic (exact) mass is 188 g/mol. The predicted molar refractivity (Wildman–Crippen MR) is 50.4 cm³/mol. The Bertz CT molecular complexity index is 145. The van der Waals surface area contributed by atoms with Crippen LogP contribution in [0, 0.1) is 5.92 Å². The fourth-order valence-electron chi connectivity index (χ4n) is 1.98. The standard InChI is InChI=1S/C9H16O2S/c10-9-6-12-5-7(9)4-8-2-1-3-11-8/h7-10H,1-6H2. The van der Waals surface area contributed by atoms with Gasteiger partial charge in [-0.25, -0.2) is 0 Å². The van der Waals surface area contributed by atoms with Gasteiger partial charge in [-0.3, -0.25) is 0 Å². The van der Waals surface area contributed by atoms with Crippen molar-refractivity contribution in [3.63, 3.8) is 0 Å². The Hall–Kier alpha value is 0.270. The number of aliphatic hydroxyl groups excluding tert-OH is 1. The van der Waals surface area contributed by atoms with Gasteiger partial charge in [-0.05, 0) is 30.9 Å². The van der Waals surface area contributed by atoms with E-state index in [2.05, 4.69) is 0 Å². The number of hydrogen-bond acceptors (Lipinski definition) is 3. The van der Waals surface area contributed by atoms with Crippen LogP contribution in [0.2, 0.25) is 0 Å². The Balaban J connectivity index is 1.77. The van der Waals surface area contributed by atoms with Crippen LogP contribution in [0.4, 0.5) is 0 Å². The highest BCUT2D eigenvalue weighted by atomic mass is 32.2. The van der Waals surface area contributed by atoms with Gasteiger partial charge >= 0.3 is 0 Å². The van der Waals surface area contributed by atoms with Crippen molar-refractivity contribution >= 4 is 11.8 Å². The molecule has 2 aliphatic heterocycles. The number of thioether (sulfide) groups is 1. The molecule has 0 bridgehead atoms. The van der Waals surface area contributed by atoms with Gasteiger partial charge in [0.05, 0.1) is 12.2 Å². The molecule has 3 heteroatoms. The Kier molecular flexibility index (Phi) is 2.94. The topological polar surface area (TPSA) is 29.5 Å². The third kappa shape index (κ3) is 1.95. The first-order chi connectivity index (χ1) is 5.86. The molecule has 0 spiro atoms. The zero-order valence-electron chi connectivity index (χ0n) is 7.24. The van der Waals surface area contributed by atoms with E-state index in [0.717, 1.165) is 24.5 Å². The fourth-order valence-corrected chi connectivity index (χ4v) is 3.29. The van der Waals surface area contributed by atoms with Crippen LogP contribution >= 0.6 is 11.8 Å². The van der Waals surface area contributed by atoms with Crippen LogP contribution in [-0.4, -0.2) is 35.4 Å². The quantitative estimate of drug-likeness (QED) is 0.708. The highest BCUT2D eigenvalue weighted by Gasteiger charge is 2.29. The van der Waals surface area contributed by atoms with E-state index >= 15 is 0 Å². The van der Waals surface area contributed by atoms with Gasteiger partial charge in [0, 0.05) is 12.4 Å². The van der Waals surface area contributed by atoms with Gasteiger partial charge < -0.3 is 9.84 Å². The maximum absolute atomic E-state index is 9.57. The fraction of sp³-hybridized carbons (Fsp3) is 1.00. The van der Waals surface area contributed by atoms with Gasteiger partial charge in [0.1, 0.15) is 0 Å². The van der Waals surface area contributed by atoms with Crippen LogP contribution in [0.1, 0.15) is 19.3 Å². The van der Waals surface area contributed by atoms with Gasteiger partial charge in [0.15, 0.2) is 0 Å². The van der Waals surface area contributed by atoms with Crippen LogP contribution in [0.3, 0.4) is 0 Å². The molecule has 0 aromatic rings. The summed E-state index contributed by atoms with van der Waals surface area (Å²) in [5.74, 6) is 2.55. The lowest BCUT2D eigenvalue weighted by Crippen LogP contribution is -2.22. The second kappa shape index (κ2) is 3.99. The molecule has 0 radical (unpaired) electrons. The zero-order chi connectivity index (χ0) is 8.39. The lowest BCUT2D eigenvalue weighted by atomic mass is 9.97. The van der Waals surface area contributed by atoms with Crippen molar-refractivity contribution in [3.8, 4) is 0 Å². The van der Waals surface area contributed by atoms with Crippen molar-refractivity contribution in [1.82, 2.24) is 0 Å². The molecular weight excluding hydrogens is 172 g/mol. The molecule has 1 N–H and O–H groups in total. The number of ether oxygens (including phenoxy) is 1. The van der Waals surface area contributed by atoms with E-state index in [1.54, 1.807) is 0 Å². The average Bonchev–Trinajstić information content (AvgIpc) is 2.65. The summed E-state index contributed by atoms with van der Waals surface area (Å²) in [6.07, 6.45) is 3.87. The van der Waals surface area contributed by atoms with E-state index in [1.807, 2.05) is 11.8 Å². The number of hydrogen-bond donors (Lipinski definition) is 1. The Morgan fingerprint density at radius 1 is 1.42 bits per heavy atom. The molecule has 0 amide bonds. The summed E-state index contributed by atoms with van der Waals surface area (Å²) in [5.41, 5.74) is 0. The second-order valence-corrected chi connectivity index (χ2v) is 4.81. The molecule has 2 fully saturated rings. The number of rotatable bonds is 2. The molecule has 0 aromatic carbocycles. The van der Waals surface area contributed by atoms with Crippen molar-refractivity contribution in [2.75, 3.05) is 18.1 Å². The van der Waals surface area contributed by atoms with Crippen molar-refractivity contribution in [2.45, 2.75) is 31.5 Å². The Morgan fingerprint density at radius 2 is 2.33 bits per heavy atom. The summed E-state index contributed by atoms with van der Waals surface area (Å²) in [5, 5.41) is 9.57. The van der Waals surface area contributed by atoms with Crippen LogP contribution < -0.4 is 0 Å². The van der Waals surface area contributed by atoms with Crippen LogP contribution in [0.15, 0.2) is 0 Å². The Morgan fingerprint density at radius 3 is 2.92 bits per heavy atom. The van der Waals surface area contributed by atoms with Gasteiger partial charge in [-0.2, -0.15) is 11.8 Å². The smallest absolute Gasteiger partial charge is 0.0667 e. The number of aliphatic hydroxyl groups is 1. The maximum atomic E-state index is 9.57. The van der Waals surface area contributed by atoms with Gasteiger partial charge in [0.25, 0.3) is 0 Å². The third-order valence-electron chi connectivity index (χ3n) is 2.75. The van der Waals surface area contributed by atoms with Gasteiger partial charge in [0.2, 0.25) is 0 Å². The molecule has 2 nitrogen and oxygen atoms in total. The normalized spacial score (nSPS) is 42.2. The van der Waals surface area contributed by atoms with Crippen molar-refractivity contribution in [2.24, 2.45) is 5.92 Å². The lowest BCUT2D eigenvalue weighted by Gasteiger charge is -2.17. The lowest BCUT2D eigenvalue weighted by molar-refractivity contribution is 0.0634. The van der Waals surface area contributed by atoms with E-state index in [9.17, 15) is 5.11 Å². The average molecular weight is 188 g/mol. The van der Waals surface area contributed by atoms with E-state index in [-0.39, 0.29) is 6.10 Å². The summed E-state index contributed by atoms with van der Waals surface area (Å²) in [7, 11) is 0. The summed E-state index contributed by atoms with van der Waals surface area (Å²) >= 11 is 1.87. The van der Waals surface area contributed by atoms with Crippen molar-refractivity contribution < 1.29 is 9.84 Å². The van der Waals surface area contributed by atoms with Crippen molar-refractivity contribution in [1.29, 1.82) is 0 Å². The van der Waals surface area contributed by atoms with Gasteiger partial charge in [-0.15, -0.1) is 0 Å². The summed E-state index contributed by atoms with van der Waals surface area (Å²) in [6, 6.07) is 0. The highest BCUT2D eigenvalue weighted by Crippen LogP contribution is 2.30. The zero-order valence-corrected chi connectivity index (χ0v) is 8.05. The molecule has 12 heavy (non-hydrogen) atoms.